The quantitative estimate of drug-likeness (QED) is 0.574. The van der Waals surface area contributed by atoms with Crippen LogP contribution in [0.15, 0.2) is 24.4 Å². The summed E-state index contributed by atoms with van der Waals surface area (Å²) in [6.45, 7) is 1.93. The van der Waals surface area contributed by atoms with Crippen LogP contribution < -0.4 is 27.0 Å². The van der Waals surface area contributed by atoms with Crippen LogP contribution in [-0.2, 0) is 0 Å². The first-order valence-electron chi connectivity index (χ1n) is 10.5. The number of carbonyl (C=O) groups excluding carboxylic acids is 1. The minimum absolute atomic E-state index is 0.00877. The standard InChI is InChI=1S/C21H28FN7O/c22-15-12-14(19(24)30)20(28-21(15)27-17-6-2-1-5-16(17)23)26-13-7-8-25-18(11-13)29-9-3-4-10-29/h7-8,11-12,16-17H,1-6,9-10,23H2,(H2,24,30)(H2,25,26,27,28)/t16-,17+/m0/s1. The normalized spacial score (nSPS) is 21.5. The lowest BCUT2D eigenvalue weighted by Crippen LogP contribution is -2.43. The van der Waals surface area contributed by atoms with Crippen molar-refractivity contribution in [3.05, 3.63) is 35.8 Å². The smallest absolute Gasteiger partial charge is 0.252 e. The maximum absolute atomic E-state index is 14.7. The Hall–Kier alpha value is -2.94. The Morgan fingerprint density at radius 2 is 1.90 bits per heavy atom. The first kappa shape index (κ1) is 20.3. The van der Waals surface area contributed by atoms with E-state index in [0.29, 0.717) is 5.69 Å². The average Bonchev–Trinajstić information content (AvgIpc) is 3.27. The van der Waals surface area contributed by atoms with Gasteiger partial charge in [0.25, 0.3) is 5.91 Å². The minimum Gasteiger partial charge on any atom is -0.365 e. The highest BCUT2D eigenvalue weighted by Crippen LogP contribution is 2.28. The zero-order valence-electron chi connectivity index (χ0n) is 16.9. The summed E-state index contributed by atoms with van der Waals surface area (Å²) in [5.41, 5.74) is 12.3. The summed E-state index contributed by atoms with van der Waals surface area (Å²) in [6.07, 6.45) is 7.83. The molecule has 0 bridgehead atoms. The SMILES string of the molecule is NC(=O)c1cc(F)c(N[C@@H]2CCCC[C@@H]2N)nc1Nc1ccnc(N2CCCC2)c1. The number of amides is 1. The predicted octanol–water partition coefficient (Wildman–Crippen LogP) is 2.74. The van der Waals surface area contributed by atoms with Crippen LogP contribution in [0.5, 0.6) is 0 Å². The fraction of sp³-hybridized carbons (Fsp3) is 0.476. The van der Waals surface area contributed by atoms with Crippen molar-refractivity contribution in [3.63, 3.8) is 0 Å². The molecule has 0 radical (unpaired) electrons. The van der Waals surface area contributed by atoms with Gasteiger partial charge in [-0.1, -0.05) is 12.8 Å². The Morgan fingerprint density at radius 1 is 1.13 bits per heavy atom. The highest BCUT2D eigenvalue weighted by atomic mass is 19.1. The summed E-state index contributed by atoms with van der Waals surface area (Å²) >= 11 is 0. The predicted molar refractivity (Wildman–Crippen MR) is 116 cm³/mol. The second-order valence-corrected chi connectivity index (χ2v) is 8.00. The second kappa shape index (κ2) is 8.83. The Morgan fingerprint density at radius 3 is 2.63 bits per heavy atom. The molecule has 0 aromatic carbocycles. The van der Waals surface area contributed by atoms with Crippen molar-refractivity contribution < 1.29 is 9.18 Å². The van der Waals surface area contributed by atoms with Crippen molar-refractivity contribution in [1.82, 2.24) is 9.97 Å². The fourth-order valence-electron chi connectivity index (χ4n) is 4.14. The second-order valence-electron chi connectivity index (χ2n) is 8.00. The zero-order chi connectivity index (χ0) is 21.1. The monoisotopic (exact) mass is 413 g/mol. The number of hydrogen-bond donors (Lipinski definition) is 4. The molecular weight excluding hydrogens is 385 g/mol. The van der Waals surface area contributed by atoms with Crippen LogP contribution in [0.1, 0.15) is 48.9 Å². The first-order chi connectivity index (χ1) is 14.5. The molecule has 1 aliphatic carbocycles. The minimum atomic E-state index is -0.751. The Kier molecular flexibility index (Phi) is 5.98. The number of nitrogens with two attached hydrogens (primary N) is 2. The first-order valence-corrected chi connectivity index (χ1v) is 10.5. The topological polar surface area (TPSA) is 122 Å². The highest BCUT2D eigenvalue weighted by molar-refractivity contribution is 5.98. The molecule has 3 heterocycles. The van der Waals surface area contributed by atoms with Crippen LogP contribution in [-0.4, -0.2) is 41.0 Å². The van der Waals surface area contributed by atoms with E-state index in [1.54, 1.807) is 12.3 Å². The molecule has 2 aliphatic rings. The van der Waals surface area contributed by atoms with Crippen molar-refractivity contribution in [2.24, 2.45) is 11.5 Å². The Bertz CT molecular complexity index is 916. The molecule has 4 rings (SSSR count). The number of halogens is 1. The van der Waals surface area contributed by atoms with Crippen LogP contribution >= 0.6 is 0 Å². The molecule has 160 valence electrons. The molecular formula is C21H28FN7O. The number of anilines is 4. The summed E-state index contributed by atoms with van der Waals surface area (Å²) < 4.78 is 14.7. The molecule has 8 nitrogen and oxygen atoms in total. The molecule has 2 fully saturated rings. The summed E-state index contributed by atoms with van der Waals surface area (Å²) in [7, 11) is 0. The third kappa shape index (κ3) is 4.46. The van der Waals surface area contributed by atoms with Gasteiger partial charge in [0.2, 0.25) is 0 Å². The van der Waals surface area contributed by atoms with Crippen molar-refractivity contribution in [2.75, 3.05) is 28.6 Å². The van der Waals surface area contributed by atoms with Gasteiger partial charge in [-0.15, -0.1) is 0 Å². The molecule has 0 unspecified atom stereocenters. The summed E-state index contributed by atoms with van der Waals surface area (Å²) in [6, 6.07) is 4.67. The van der Waals surface area contributed by atoms with Gasteiger partial charge in [-0.05, 0) is 37.8 Å². The van der Waals surface area contributed by atoms with Gasteiger partial charge in [0.15, 0.2) is 11.6 Å². The molecule has 9 heteroatoms. The van der Waals surface area contributed by atoms with E-state index in [2.05, 4.69) is 25.5 Å². The van der Waals surface area contributed by atoms with Crippen molar-refractivity contribution >= 4 is 29.0 Å². The molecule has 1 saturated heterocycles. The summed E-state index contributed by atoms with van der Waals surface area (Å²) in [5, 5.41) is 6.24. The number of rotatable bonds is 6. The lowest BCUT2D eigenvalue weighted by molar-refractivity contribution is 0.100. The van der Waals surface area contributed by atoms with E-state index in [1.807, 2.05) is 6.07 Å². The molecule has 2 aromatic heterocycles. The lowest BCUT2D eigenvalue weighted by Gasteiger charge is -2.30. The third-order valence-corrected chi connectivity index (χ3v) is 5.82. The maximum atomic E-state index is 14.7. The van der Waals surface area contributed by atoms with Gasteiger partial charge in [0.1, 0.15) is 11.6 Å². The molecule has 2 aromatic rings. The molecule has 2 atom stereocenters. The number of carbonyl (C=O) groups is 1. The molecule has 1 amide bonds. The maximum Gasteiger partial charge on any atom is 0.252 e. The number of aromatic nitrogens is 2. The molecule has 1 aliphatic heterocycles. The van der Waals surface area contributed by atoms with E-state index in [1.165, 1.54) is 0 Å². The summed E-state index contributed by atoms with van der Waals surface area (Å²) in [4.78, 5) is 22.9. The van der Waals surface area contributed by atoms with Crippen LogP contribution in [0, 0.1) is 5.82 Å². The molecule has 1 saturated carbocycles. The summed E-state index contributed by atoms with van der Waals surface area (Å²) in [5.74, 6) is -0.252. The number of nitrogens with zero attached hydrogens (tertiary/aromatic N) is 3. The van der Waals surface area contributed by atoms with Gasteiger partial charge >= 0.3 is 0 Å². The molecule has 6 N–H and O–H groups in total. The Labute approximate surface area is 175 Å². The molecule has 30 heavy (non-hydrogen) atoms. The third-order valence-electron chi connectivity index (χ3n) is 5.82. The van der Waals surface area contributed by atoms with E-state index in [0.717, 1.165) is 63.5 Å². The van der Waals surface area contributed by atoms with Gasteiger partial charge in [-0.2, -0.15) is 0 Å². The number of primary amides is 1. The van der Waals surface area contributed by atoms with E-state index < -0.39 is 11.7 Å². The van der Waals surface area contributed by atoms with E-state index in [-0.39, 0.29) is 29.3 Å². The number of hydrogen-bond acceptors (Lipinski definition) is 7. The van der Waals surface area contributed by atoms with Crippen molar-refractivity contribution in [2.45, 2.75) is 50.6 Å². The van der Waals surface area contributed by atoms with E-state index in [4.69, 9.17) is 11.5 Å². The lowest BCUT2D eigenvalue weighted by atomic mass is 9.91. The van der Waals surface area contributed by atoms with Gasteiger partial charge in [0.05, 0.1) is 5.56 Å². The van der Waals surface area contributed by atoms with Gasteiger partial charge in [-0.3, -0.25) is 4.79 Å². The highest BCUT2D eigenvalue weighted by Gasteiger charge is 2.24. The fourth-order valence-corrected chi connectivity index (χ4v) is 4.14. The largest absolute Gasteiger partial charge is 0.365 e. The van der Waals surface area contributed by atoms with Gasteiger partial charge in [0, 0.05) is 43.1 Å². The van der Waals surface area contributed by atoms with E-state index >= 15 is 0 Å². The zero-order valence-corrected chi connectivity index (χ0v) is 16.9. The van der Waals surface area contributed by atoms with Gasteiger partial charge in [-0.25, -0.2) is 14.4 Å². The molecule has 0 spiro atoms. The number of pyridine rings is 2. The average molecular weight is 414 g/mol. The van der Waals surface area contributed by atoms with Crippen molar-refractivity contribution in [3.8, 4) is 0 Å². The van der Waals surface area contributed by atoms with Crippen LogP contribution in [0.25, 0.3) is 0 Å². The van der Waals surface area contributed by atoms with Crippen LogP contribution in [0.3, 0.4) is 0 Å². The van der Waals surface area contributed by atoms with Crippen molar-refractivity contribution in [1.29, 1.82) is 0 Å². The Balaban J connectivity index is 1.61. The number of nitrogens with one attached hydrogen (secondary N) is 2. The van der Waals surface area contributed by atoms with Crippen LogP contribution in [0.4, 0.5) is 27.5 Å². The van der Waals surface area contributed by atoms with Crippen LogP contribution in [0.2, 0.25) is 0 Å². The van der Waals surface area contributed by atoms with Gasteiger partial charge < -0.3 is 27.0 Å². The van der Waals surface area contributed by atoms with E-state index in [9.17, 15) is 9.18 Å².